The van der Waals surface area contributed by atoms with Gasteiger partial charge in [0.2, 0.25) is 5.78 Å². The van der Waals surface area contributed by atoms with Crippen molar-refractivity contribution >= 4 is 17.6 Å². The fraction of sp³-hybridized carbons (Fsp3) is 0.143. The zero-order valence-electron chi connectivity index (χ0n) is 16.1. The average Bonchev–Trinajstić information content (AvgIpc) is 2.74. The molecule has 3 rings (SSSR count). The summed E-state index contributed by atoms with van der Waals surface area (Å²) < 4.78 is 6.84. The van der Waals surface area contributed by atoms with Gasteiger partial charge in [0.25, 0.3) is 5.56 Å². The van der Waals surface area contributed by atoms with Gasteiger partial charge in [0, 0.05) is 7.05 Å². The highest BCUT2D eigenvalue weighted by atomic mass is 16.5. The zero-order valence-corrected chi connectivity index (χ0v) is 16.1. The number of phenols is 1. The lowest BCUT2D eigenvalue weighted by molar-refractivity contribution is 0.0474. The van der Waals surface area contributed by atoms with E-state index in [1.807, 2.05) is 6.07 Å². The van der Waals surface area contributed by atoms with Gasteiger partial charge in [-0.05, 0) is 23.8 Å². The smallest absolute Gasteiger partial charge is 0.338 e. The highest BCUT2D eigenvalue weighted by Gasteiger charge is 2.23. The molecule has 0 saturated heterocycles. The topological polar surface area (TPSA) is 134 Å². The number of ketones is 1. The Labute approximate surface area is 170 Å². The van der Waals surface area contributed by atoms with Crippen LogP contribution in [0.5, 0.6) is 5.75 Å². The third-order valence-electron chi connectivity index (χ3n) is 4.46. The molecular formula is C21H19N3O6. The summed E-state index contributed by atoms with van der Waals surface area (Å²) in [6.45, 7) is -0.694. The number of carbonyl (C=O) groups excluding carboxylic acids is 2. The molecule has 0 atom stereocenters. The molecule has 0 fully saturated rings. The van der Waals surface area contributed by atoms with Gasteiger partial charge in [0.05, 0.1) is 12.1 Å². The number of hydrogen-bond donors (Lipinski definition) is 2. The number of benzene rings is 2. The first-order valence-electron chi connectivity index (χ1n) is 8.92. The van der Waals surface area contributed by atoms with Crippen molar-refractivity contribution in [2.75, 3.05) is 12.3 Å². The predicted molar refractivity (Wildman–Crippen MR) is 109 cm³/mol. The van der Waals surface area contributed by atoms with Crippen LogP contribution in [0, 0.1) is 0 Å². The van der Waals surface area contributed by atoms with Gasteiger partial charge >= 0.3 is 11.7 Å². The number of phenolic OH excluding ortho intramolecular Hbond substituents is 1. The molecule has 0 aliphatic carbocycles. The van der Waals surface area contributed by atoms with Crippen LogP contribution in [0.2, 0.25) is 0 Å². The number of Topliss-reactive ketones (excluding diaryl/α,β-unsaturated/α-hetero) is 1. The molecule has 0 saturated carbocycles. The molecule has 154 valence electrons. The minimum Gasteiger partial charge on any atom is -0.508 e. The van der Waals surface area contributed by atoms with Crippen LogP contribution in [0.15, 0.2) is 64.2 Å². The molecule has 9 heteroatoms. The van der Waals surface area contributed by atoms with E-state index in [1.165, 1.54) is 31.3 Å². The van der Waals surface area contributed by atoms with E-state index >= 15 is 0 Å². The van der Waals surface area contributed by atoms with E-state index in [2.05, 4.69) is 0 Å². The van der Waals surface area contributed by atoms with Crippen LogP contribution in [-0.4, -0.2) is 32.6 Å². The van der Waals surface area contributed by atoms with Crippen molar-refractivity contribution in [1.82, 2.24) is 9.13 Å². The molecule has 3 N–H and O–H groups in total. The van der Waals surface area contributed by atoms with Gasteiger partial charge in [-0.2, -0.15) is 0 Å². The summed E-state index contributed by atoms with van der Waals surface area (Å²) in [5.74, 6) is -2.14. The molecule has 0 bridgehead atoms. The van der Waals surface area contributed by atoms with Crippen molar-refractivity contribution in [1.29, 1.82) is 0 Å². The Morgan fingerprint density at radius 2 is 1.77 bits per heavy atom. The first-order chi connectivity index (χ1) is 14.3. The number of nitrogen functional groups attached to an aromatic ring is 1. The molecule has 9 nitrogen and oxygen atoms in total. The quantitative estimate of drug-likeness (QED) is 0.457. The largest absolute Gasteiger partial charge is 0.508 e. The zero-order chi connectivity index (χ0) is 21.8. The molecule has 1 heterocycles. The van der Waals surface area contributed by atoms with Crippen molar-refractivity contribution in [3.05, 3.63) is 92.1 Å². The number of esters is 1. The molecule has 2 aromatic carbocycles. The summed E-state index contributed by atoms with van der Waals surface area (Å²) in [4.78, 5) is 49.7. The Kier molecular flexibility index (Phi) is 5.82. The Morgan fingerprint density at radius 1 is 1.07 bits per heavy atom. The van der Waals surface area contributed by atoms with Gasteiger partial charge in [0.1, 0.15) is 17.1 Å². The summed E-state index contributed by atoms with van der Waals surface area (Å²) in [6, 6.07) is 14.3. The maximum atomic E-state index is 12.6. The monoisotopic (exact) mass is 409 g/mol. The summed E-state index contributed by atoms with van der Waals surface area (Å²) in [5, 5.41) is 9.43. The average molecular weight is 409 g/mol. The lowest BCUT2D eigenvalue weighted by atomic mass is 10.1. The van der Waals surface area contributed by atoms with Crippen molar-refractivity contribution in [2.45, 2.75) is 6.54 Å². The van der Waals surface area contributed by atoms with Crippen LogP contribution in [0.1, 0.15) is 26.3 Å². The normalized spacial score (nSPS) is 10.6. The van der Waals surface area contributed by atoms with Crippen molar-refractivity contribution in [3.63, 3.8) is 0 Å². The van der Waals surface area contributed by atoms with Gasteiger partial charge in [-0.1, -0.05) is 36.4 Å². The number of carbonyl (C=O) groups is 2. The van der Waals surface area contributed by atoms with Crippen molar-refractivity contribution in [3.8, 4) is 5.75 Å². The Bertz CT molecular complexity index is 1230. The molecular weight excluding hydrogens is 390 g/mol. The molecule has 30 heavy (non-hydrogen) atoms. The molecule has 0 unspecified atom stereocenters. The number of aromatic nitrogens is 2. The van der Waals surface area contributed by atoms with Crippen LogP contribution in [-0.2, 0) is 18.3 Å². The highest BCUT2D eigenvalue weighted by Crippen LogP contribution is 2.13. The van der Waals surface area contributed by atoms with Crippen LogP contribution < -0.4 is 17.0 Å². The minimum absolute atomic E-state index is 0.0396. The molecule has 0 spiro atoms. The van der Waals surface area contributed by atoms with E-state index in [0.717, 1.165) is 14.7 Å². The van der Waals surface area contributed by atoms with E-state index in [0.29, 0.717) is 0 Å². The second kappa shape index (κ2) is 8.48. The fourth-order valence-electron chi connectivity index (χ4n) is 2.88. The summed E-state index contributed by atoms with van der Waals surface area (Å²) in [5.41, 5.74) is 4.80. The Hall–Kier alpha value is -4.14. The van der Waals surface area contributed by atoms with E-state index in [9.17, 15) is 24.3 Å². The number of anilines is 1. The highest BCUT2D eigenvalue weighted by molar-refractivity contribution is 6.02. The number of nitrogens with two attached hydrogens (primary N) is 1. The standard InChI is InChI=1S/C21H19N3O6/c1-23-19(27)17(16(26)12-30-20(28)14-8-5-9-15(25)10-14)18(22)24(21(23)29)11-13-6-3-2-4-7-13/h2-10,25H,11-12,22H2,1H3. The van der Waals surface area contributed by atoms with Crippen LogP contribution in [0.3, 0.4) is 0 Å². The van der Waals surface area contributed by atoms with Crippen molar-refractivity contribution < 1.29 is 19.4 Å². The third kappa shape index (κ3) is 4.14. The maximum absolute atomic E-state index is 12.6. The fourth-order valence-corrected chi connectivity index (χ4v) is 2.88. The number of rotatable bonds is 6. The van der Waals surface area contributed by atoms with E-state index in [-0.39, 0.29) is 23.7 Å². The third-order valence-corrected chi connectivity index (χ3v) is 4.46. The van der Waals surface area contributed by atoms with Crippen LogP contribution in [0.25, 0.3) is 0 Å². The summed E-state index contributed by atoms with van der Waals surface area (Å²) in [6.07, 6.45) is 0. The number of hydrogen-bond acceptors (Lipinski definition) is 7. The van der Waals surface area contributed by atoms with E-state index in [4.69, 9.17) is 10.5 Å². The van der Waals surface area contributed by atoms with Crippen molar-refractivity contribution in [2.24, 2.45) is 7.05 Å². The molecule has 0 aliphatic rings. The number of nitrogens with zero attached hydrogens (tertiary/aromatic N) is 2. The maximum Gasteiger partial charge on any atom is 0.338 e. The number of aromatic hydroxyl groups is 1. The first kappa shape index (κ1) is 20.6. The van der Waals surface area contributed by atoms with Gasteiger partial charge in [0.15, 0.2) is 6.61 Å². The second-order valence-corrected chi connectivity index (χ2v) is 6.53. The first-order valence-corrected chi connectivity index (χ1v) is 8.92. The molecule has 3 aromatic rings. The molecule has 0 radical (unpaired) electrons. The Balaban J connectivity index is 1.89. The molecule has 0 amide bonds. The lowest BCUT2D eigenvalue weighted by Gasteiger charge is -2.14. The molecule has 0 aliphatic heterocycles. The summed E-state index contributed by atoms with van der Waals surface area (Å²) in [7, 11) is 1.24. The van der Waals surface area contributed by atoms with Crippen LogP contribution in [0.4, 0.5) is 5.82 Å². The SMILES string of the molecule is Cn1c(=O)c(C(=O)COC(=O)c2cccc(O)c2)c(N)n(Cc2ccccc2)c1=O. The molecule has 1 aromatic heterocycles. The summed E-state index contributed by atoms with van der Waals surface area (Å²) >= 11 is 0. The van der Waals surface area contributed by atoms with Crippen LogP contribution >= 0.6 is 0 Å². The number of ether oxygens (including phenoxy) is 1. The van der Waals surface area contributed by atoms with Gasteiger partial charge in [-0.3, -0.25) is 18.7 Å². The van der Waals surface area contributed by atoms with E-state index < -0.39 is 35.2 Å². The lowest BCUT2D eigenvalue weighted by Crippen LogP contribution is -2.43. The van der Waals surface area contributed by atoms with Gasteiger partial charge in [-0.25, -0.2) is 9.59 Å². The van der Waals surface area contributed by atoms with Gasteiger partial charge < -0.3 is 15.6 Å². The minimum atomic E-state index is -0.875. The predicted octanol–water partition coefficient (Wildman–Crippen LogP) is 0.923. The van der Waals surface area contributed by atoms with Gasteiger partial charge in [-0.15, -0.1) is 0 Å². The van der Waals surface area contributed by atoms with E-state index in [1.54, 1.807) is 24.3 Å². The second-order valence-electron chi connectivity index (χ2n) is 6.53. The Morgan fingerprint density at radius 3 is 2.43 bits per heavy atom.